The van der Waals surface area contributed by atoms with Gasteiger partial charge in [-0.2, -0.15) is 8.42 Å². The Labute approximate surface area is 258 Å². The van der Waals surface area contributed by atoms with Crippen LogP contribution < -0.4 is 0 Å². The summed E-state index contributed by atoms with van der Waals surface area (Å²) in [6.45, 7) is 11.6. The number of esters is 3. The van der Waals surface area contributed by atoms with E-state index in [2.05, 4.69) is 6.58 Å². The number of hydrogen-bond donors (Lipinski definition) is 0. The first kappa shape index (κ1) is 30.9. The number of halogens is 1. The highest BCUT2D eigenvalue weighted by Crippen LogP contribution is 2.67. The van der Waals surface area contributed by atoms with Gasteiger partial charge in [-0.15, -0.1) is 6.58 Å². The van der Waals surface area contributed by atoms with Crippen LogP contribution in [-0.2, 0) is 47.7 Å². The van der Waals surface area contributed by atoms with Gasteiger partial charge in [-0.1, -0.05) is 25.5 Å². The van der Waals surface area contributed by atoms with Crippen molar-refractivity contribution in [3.05, 3.63) is 52.1 Å². The number of allylic oxidation sites excluding steroid dienone is 2. The van der Waals surface area contributed by atoms with E-state index in [0.717, 1.165) is 9.14 Å². The summed E-state index contributed by atoms with van der Waals surface area (Å²) in [5, 5.41) is 0. The second-order valence-corrected chi connectivity index (χ2v) is 15.1. The van der Waals surface area contributed by atoms with Crippen molar-refractivity contribution in [2.24, 2.45) is 28.1 Å². The van der Waals surface area contributed by atoms with Crippen molar-refractivity contribution < 1.29 is 46.0 Å². The first-order valence-corrected chi connectivity index (χ1v) is 16.1. The predicted molar refractivity (Wildman–Crippen MR) is 156 cm³/mol. The van der Waals surface area contributed by atoms with Gasteiger partial charge < -0.3 is 14.2 Å². The van der Waals surface area contributed by atoms with Gasteiger partial charge >= 0.3 is 17.9 Å². The average Bonchev–Trinajstić information content (AvgIpc) is 3.08. The van der Waals surface area contributed by atoms with E-state index in [0.29, 0.717) is 6.42 Å². The molecule has 1 aromatic rings. The molecule has 3 aliphatic carbocycles. The molecule has 0 amide bonds. The Morgan fingerprint density at radius 2 is 1.67 bits per heavy atom. The molecule has 0 spiro atoms. The third-order valence-corrected chi connectivity index (χ3v) is 11.7. The molecule has 42 heavy (non-hydrogen) atoms. The number of hydrogen-bond acceptors (Lipinski definition) is 10. The molecule has 4 aliphatic rings. The summed E-state index contributed by atoms with van der Waals surface area (Å²) >= 11 is 2.04. The molecule has 1 heterocycles. The summed E-state index contributed by atoms with van der Waals surface area (Å²) in [6.07, 6.45) is -0.823. The Kier molecular flexibility index (Phi) is 7.54. The van der Waals surface area contributed by atoms with Crippen molar-refractivity contribution in [2.75, 3.05) is 0 Å². The second kappa shape index (κ2) is 10.3. The van der Waals surface area contributed by atoms with Crippen molar-refractivity contribution in [3.8, 4) is 0 Å². The minimum absolute atomic E-state index is 0.131. The lowest BCUT2D eigenvalue weighted by molar-refractivity contribution is -0.209. The Morgan fingerprint density at radius 3 is 2.24 bits per heavy atom. The second-order valence-electron chi connectivity index (χ2n) is 12.3. The van der Waals surface area contributed by atoms with Gasteiger partial charge in [0.1, 0.15) is 23.7 Å². The van der Waals surface area contributed by atoms with Gasteiger partial charge in [-0.25, -0.2) is 0 Å². The summed E-state index contributed by atoms with van der Waals surface area (Å²) in [7, 11) is -4.43. The maximum absolute atomic E-state index is 14.1. The van der Waals surface area contributed by atoms with Gasteiger partial charge in [0.2, 0.25) is 0 Å². The van der Waals surface area contributed by atoms with Crippen LogP contribution in [0.2, 0.25) is 0 Å². The topological polar surface area (TPSA) is 139 Å². The molecule has 226 valence electrons. The van der Waals surface area contributed by atoms with Crippen LogP contribution >= 0.6 is 22.6 Å². The third kappa shape index (κ3) is 4.55. The highest BCUT2D eigenvalue weighted by Gasteiger charge is 2.78. The van der Waals surface area contributed by atoms with Crippen molar-refractivity contribution in [3.63, 3.8) is 0 Å². The first-order chi connectivity index (χ1) is 19.5. The number of carbonyl (C=O) groups excluding carboxylic acids is 4. The van der Waals surface area contributed by atoms with Crippen molar-refractivity contribution in [1.82, 2.24) is 0 Å². The lowest BCUT2D eigenvalue weighted by Crippen LogP contribution is -2.69. The summed E-state index contributed by atoms with van der Waals surface area (Å²) in [5.74, 6) is -4.05. The molecule has 2 saturated carbocycles. The van der Waals surface area contributed by atoms with Crippen LogP contribution in [0.25, 0.3) is 0 Å². The minimum Gasteiger partial charge on any atom is -0.462 e. The van der Waals surface area contributed by atoms with Crippen LogP contribution in [0.4, 0.5) is 0 Å². The largest absolute Gasteiger partial charge is 0.462 e. The molecule has 10 nitrogen and oxygen atoms in total. The standard InChI is InChI=1S/C30H33IO10S/c1-7-28(4)14-17-12-21(34)24-29(5,20(17)13-22(28)38-15(2)32)25(39-16(3)33)23-26(30(24,6)27(35)40-23)41-42(36,37)19-10-8-18(31)9-11-19/h7-12,20,22-26H,1,13-14H2,2-6H3/t20-,22+,23-,24+,25-,26-,28-,29+,30+/m1/s1. The third-order valence-electron chi connectivity index (χ3n) is 9.69. The molecule has 2 bridgehead atoms. The van der Waals surface area contributed by atoms with Gasteiger partial charge in [-0.3, -0.25) is 23.4 Å². The molecule has 3 fully saturated rings. The van der Waals surface area contributed by atoms with Crippen molar-refractivity contribution >= 4 is 56.4 Å². The normalized spacial score (nSPS) is 38.9. The van der Waals surface area contributed by atoms with Gasteiger partial charge in [0, 0.05) is 34.2 Å². The summed E-state index contributed by atoms with van der Waals surface area (Å²) in [6, 6.07) is 5.97. The van der Waals surface area contributed by atoms with Crippen LogP contribution in [0.5, 0.6) is 0 Å². The lowest BCUT2D eigenvalue weighted by Gasteiger charge is -2.60. The van der Waals surface area contributed by atoms with Crippen LogP contribution in [0.15, 0.2) is 53.5 Å². The maximum Gasteiger partial charge on any atom is 0.315 e. The number of rotatable bonds is 6. The fraction of sp³-hybridized carbons (Fsp3) is 0.533. The fourth-order valence-corrected chi connectivity index (χ4v) is 9.25. The van der Waals surface area contributed by atoms with E-state index in [1.54, 1.807) is 25.1 Å². The van der Waals surface area contributed by atoms with E-state index in [1.165, 1.54) is 39.0 Å². The van der Waals surface area contributed by atoms with Gasteiger partial charge in [0.05, 0.1) is 4.90 Å². The molecule has 0 unspecified atom stereocenters. The molecule has 0 aromatic heterocycles. The molecule has 1 aromatic carbocycles. The minimum atomic E-state index is -4.43. The summed E-state index contributed by atoms with van der Waals surface area (Å²) < 4.78 is 50.8. The number of ether oxygens (including phenoxy) is 3. The van der Waals surface area contributed by atoms with Crippen LogP contribution in [0.1, 0.15) is 47.5 Å². The molecular weight excluding hydrogens is 679 g/mol. The van der Waals surface area contributed by atoms with E-state index in [1.807, 2.05) is 29.5 Å². The first-order valence-electron chi connectivity index (χ1n) is 13.6. The van der Waals surface area contributed by atoms with E-state index in [9.17, 15) is 27.6 Å². The fourth-order valence-electron chi connectivity index (χ4n) is 7.73. The molecular formula is C30H33IO10S. The van der Waals surface area contributed by atoms with E-state index in [4.69, 9.17) is 18.4 Å². The van der Waals surface area contributed by atoms with Crippen LogP contribution in [0, 0.1) is 31.7 Å². The van der Waals surface area contributed by atoms with E-state index in [-0.39, 0.29) is 11.3 Å². The number of benzene rings is 1. The Bertz CT molecular complexity index is 1520. The van der Waals surface area contributed by atoms with Gasteiger partial charge in [0.25, 0.3) is 10.1 Å². The molecule has 0 N–H and O–H groups in total. The van der Waals surface area contributed by atoms with E-state index < -0.39 is 86.3 Å². The predicted octanol–water partition coefficient (Wildman–Crippen LogP) is 3.91. The zero-order chi connectivity index (χ0) is 31.0. The molecule has 1 saturated heterocycles. The lowest BCUT2D eigenvalue weighted by atomic mass is 9.43. The molecule has 9 atom stereocenters. The van der Waals surface area contributed by atoms with Crippen molar-refractivity contribution in [1.29, 1.82) is 0 Å². The maximum atomic E-state index is 14.1. The molecule has 5 rings (SSSR count). The Balaban J connectivity index is 1.66. The Morgan fingerprint density at radius 1 is 1.05 bits per heavy atom. The average molecular weight is 713 g/mol. The summed E-state index contributed by atoms with van der Waals surface area (Å²) in [5.41, 5.74) is -2.89. The zero-order valence-corrected chi connectivity index (χ0v) is 26.9. The quantitative estimate of drug-likeness (QED) is 0.140. The zero-order valence-electron chi connectivity index (χ0n) is 23.9. The van der Waals surface area contributed by atoms with Crippen molar-refractivity contribution in [2.45, 2.75) is 76.8 Å². The van der Waals surface area contributed by atoms with Gasteiger partial charge in [0.15, 0.2) is 11.9 Å². The smallest absolute Gasteiger partial charge is 0.315 e. The number of carbonyl (C=O) groups is 4. The molecule has 0 radical (unpaired) electrons. The Hall–Kier alpha value is -2.58. The number of ketones is 1. The molecule has 12 heteroatoms. The summed E-state index contributed by atoms with van der Waals surface area (Å²) in [4.78, 5) is 52.2. The molecule has 1 aliphatic heterocycles. The van der Waals surface area contributed by atoms with Crippen LogP contribution in [-0.4, -0.2) is 56.5 Å². The monoisotopic (exact) mass is 712 g/mol. The number of fused-ring (bicyclic) bond motifs is 6. The highest BCUT2D eigenvalue weighted by molar-refractivity contribution is 14.1. The van der Waals surface area contributed by atoms with E-state index >= 15 is 0 Å². The van der Waals surface area contributed by atoms with Gasteiger partial charge in [-0.05, 0) is 78.6 Å². The SMILES string of the molecule is C=C[C@]1(C)CC2=CC(=O)[C@@H]3[C@]4(C)C(=O)O[C@@H]([C@H]4OS(=O)(=O)c4ccc(I)cc4)[C@@H](OC(C)=O)[C@@]3(C)[C@@H]2C[C@@H]1OC(C)=O. The van der Waals surface area contributed by atoms with Crippen LogP contribution in [0.3, 0.4) is 0 Å². The highest BCUT2D eigenvalue weighted by atomic mass is 127.